The minimum Gasteiger partial charge on any atom is -0.346 e. The molecule has 6 nitrogen and oxygen atoms in total. The first kappa shape index (κ1) is 21.0. The van der Waals surface area contributed by atoms with Crippen LogP contribution in [0.25, 0.3) is 6.08 Å². The van der Waals surface area contributed by atoms with Gasteiger partial charge in [-0.3, -0.25) is 14.6 Å². The summed E-state index contributed by atoms with van der Waals surface area (Å²) in [5.41, 5.74) is 1.10. The lowest BCUT2D eigenvalue weighted by Crippen LogP contribution is -2.48. The molecule has 168 valence electrons. The number of piperazine rings is 1. The van der Waals surface area contributed by atoms with Crippen LogP contribution in [0, 0.1) is 29.4 Å². The van der Waals surface area contributed by atoms with Crippen LogP contribution < -0.4 is 10.7 Å². The van der Waals surface area contributed by atoms with Crippen LogP contribution in [0.1, 0.15) is 22.3 Å². The molecule has 2 aromatic rings. The van der Waals surface area contributed by atoms with Crippen molar-refractivity contribution in [3.63, 3.8) is 0 Å². The van der Waals surface area contributed by atoms with E-state index in [1.807, 2.05) is 11.0 Å². The first-order chi connectivity index (χ1) is 15.4. The summed E-state index contributed by atoms with van der Waals surface area (Å²) < 4.78 is 27.5. The summed E-state index contributed by atoms with van der Waals surface area (Å²) in [7, 11) is 2.07. The van der Waals surface area contributed by atoms with E-state index in [4.69, 9.17) is 0 Å². The lowest BCUT2D eigenvalue weighted by Gasteiger charge is -2.32. The predicted molar refractivity (Wildman–Crippen MR) is 114 cm³/mol. The minimum atomic E-state index is -0.986. The van der Waals surface area contributed by atoms with Gasteiger partial charge in [0.1, 0.15) is 5.49 Å². The molecular formula is C24H26F2N4O2. The standard InChI is InChI=1S/C24H26F2N4O2/c1-29-5-7-30(8-6-29)24(32)18-11-16(18)15-9-17-19(13-28-23(17)27-12-15)21(31)10-14-3-2-4-20(25)22(14)26/h2-4,9,13,15-16,18H,5-8,10-12H2,1H3,(H,27,28)/t15?,16-,18+/m0/s1. The fourth-order valence-electron chi connectivity index (χ4n) is 4.86. The molecule has 1 aromatic carbocycles. The third kappa shape index (κ3) is 3.88. The molecule has 0 radical (unpaired) electrons. The van der Waals surface area contributed by atoms with E-state index in [0.29, 0.717) is 22.8 Å². The van der Waals surface area contributed by atoms with Gasteiger partial charge in [0, 0.05) is 68.0 Å². The highest BCUT2D eigenvalue weighted by atomic mass is 19.2. The van der Waals surface area contributed by atoms with Crippen LogP contribution in [0.15, 0.2) is 29.4 Å². The maximum atomic E-state index is 14.0. The average Bonchev–Trinajstić information content (AvgIpc) is 3.48. The lowest BCUT2D eigenvalue weighted by atomic mass is 9.96. The van der Waals surface area contributed by atoms with E-state index in [2.05, 4.69) is 21.9 Å². The molecule has 8 heteroatoms. The summed E-state index contributed by atoms with van der Waals surface area (Å²) in [5, 5.41) is 0.709. The second-order valence-corrected chi connectivity index (χ2v) is 9.08. The molecule has 0 spiro atoms. The number of H-pyrrole nitrogens is 1. The summed E-state index contributed by atoms with van der Waals surface area (Å²) in [6.07, 6.45) is 4.25. The molecule has 0 bridgehead atoms. The smallest absolute Gasteiger partial charge is 0.226 e. The van der Waals surface area contributed by atoms with Crippen molar-refractivity contribution in [1.82, 2.24) is 14.8 Å². The van der Waals surface area contributed by atoms with Gasteiger partial charge < -0.3 is 14.8 Å². The normalized spacial score (nSPS) is 25.0. The van der Waals surface area contributed by atoms with Crippen LogP contribution in [0.2, 0.25) is 0 Å². The zero-order valence-electron chi connectivity index (χ0n) is 18.0. The summed E-state index contributed by atoms with van der Waals surface area (Å²) in [6.45, 7) is 3.93. The predicted octanol–water partition coefficient (Wildman–Crippen LogP) is 1.16. The van der Waals surface area contributed by atoms with Gasteiger partial charge >= 0.3 is 0 Å². The molecule has 5 rings (SSSR count). The number of carbonyl (C=O) groups excluding carboxylic acids is 2. The van der Waals surface area contributed by atoms with E-state index >= 15 is 0 Å². The van der Waals surface area contributed by atoms with Crippen LogP contribution in [0.5, 0.6) is 0 Å². The number of fused-ring (bicyclic) bond motifs is 1. The summed E-state index contributed by atoms with van der Waals surface area (Å²) in [5.74, 6) is -1.65. The van der Waals surface area contributed by atoms with Crippen molar-refractivity contribution >= 4 is 17.8 Å². The molecule has 1 N–H and O–H groups in total. The van der Waals surface area contributed by atoms with Crippen molar-refractivity contribution in [1.29, 1.82) is 0 Å². The quantitative estimate of drug-likeness (QED) is 0.710. The highest BCUT2D eigenvalue weighted by molar-refractivity contribution is 5.97. The molecule has 1 amide bonds. The van der Waals surface area contributed by atoms with E-state index in [1.165, 1.54) is 12.1 Å². The van der Waals surface area contributed by atoms with Gasteiger partial charge in [-0.05, 0) is 31.0 Å². The number of halogens is 2. The average molecular weight is 440 g/mol. The number of Topliss-reactive ketones (excluding diaryl/α,β-unsaturated/α-hetero) is 1. The Kier molecular flexibility index (Phi) is 5.41. The van der Waals surface area contributed by atoms with E-state index in [1.54, 1.807) is 6.20 Å². The first-order valence-electron chi connectivity index (χ1n) is 11.1. The number of nitrogens with zero attached hydrogens (tertiary/aromatic N) is 3. The number of likely N-dealkylation sites (N-methyl/N-ethyl adjacent to an activating group) is 1. The number of hydrogen-bond donors (Lipinski definition) is 1. The number of nitrogens with one attached hydrogen (secondary N) is 1. The molecule has 3 heterocycles. The Morgan fingerprint density at radius 3 is 2.75 bits per heavy atom. The minimum absolute atomic E-state index is 0.0240. The van der Waals surface area contributed by atoms with Gasteiger partial charge in [0.05, 0.1) is 0 Å². The number of ketones is 1. The van der Waals surface area contributed by atoms with Crippen LogP contribution in [-0.4, -0.2) is 66.2 Å². The Balaban J connectivity index is 1.31. The fourth-order valence-corrected chi connectivity index (χ4v) is 4.86. The van der Waals surface area contributed by atoms with Gasteiger partial charge in [-0.1, -0.05) is 18.2 Å². The van der Waals surface area contributed by atoms with Gasteiger partial charge in [-0.2, -0.15) is 0 Å². The Morgan fingerprint density at radius 2 is 1.97 bits per heavy atom. The van der Waals surface area contributed by atoms with E-state index in [-0.39, 0.29) is 41.4 Å². The van der Waals surface area contributed by atoms with Gasteiger partial charge in [-0.15, -0.1) is 0 Å². The number of hydrogen-bond acceptors (Lipinski definition) is 4. The number of benzene rings is 1. The summed E-state index contributed by atoms with van der Waals surface area (Å²) in [6, 6.07) is 3.86. The Hall–Kier alpha value is -2.87. The molecule has 1 aromatic heterocycles. The molecule has 2 fully saturated rings. The molecular weight excluding hydrogens is 414 g/mol. The SMILES string of the molecule is CN1CCN(C(=O)[C@@H]2C[C@H]2C2C=c3c(C(=O)Cc4cccc(F)c4F)c[nH]c3=NC2)CC1. The third-order valence-electron chi connectivity index (χ3n) is 6.94. The Labute approximate surface area is 184 Å². The maximum Gasteiger partial charge on any atom is 0.226 e. The highest BCUT2D eigenvalue weighted by Crippen LogP contribution is 2.46. The van der Waals surface area contributed by atoms with Crippen molar-refractivity contribution in [2.75, 3.05) is 39.8 Å². The van der Waals surface area contributed by atoms with E-state index in [0.717, 1.165) is 38.7 Å². The number of carbonyl (C=O) groups is 2. The van der Waals surface area contributed by atoms with Crippen LogP contribution in [0.3, 0.4) is 0 Å². The molecule has 1 saturated carbocycles. The topological polar surface area (TPSA) is 68.8 Å². The Morgan fingerprint density at radius 1 is 1.19 bits per heavy atom. The largest absolute Gasteiger partial charge is 0.346 e. The zero-order chi connectivity index (χ0) is 22.4. The highest BCUT2D eigenvalue weighted by Gasteiger charge is 2.48. The van der Waals surface area contributed by atoms with Crippen LogP contribution in [-0.2, 0) is 11.2 Å². The number of aromatic nitrogens is 1. The van der Waals surface area contributed by atoms with Crippen molar-refractivity contribution in [2.24, 2.45) is 22.7 Å². The zero-order valence-corrected chi connectivity index (χ0v) is 18.0. The van der Waals surface area contributed by atoms with Crippen molar-refractivity contribution < 1.29 is 18.4 Å². The monoisotopic (exact) mass is 440 g/mol. The van der Waals surface area contributed by atoms with Gasteiger partial charge in [0.2, 0.25) is 5.91 Å². The molecule has 1 aliphatic carbocycles. The Bertz CT molecular complexity index is 1180. The van der Waals surface area contributed by atoms with E-state index in [9.17, 15) is 18.4 Å². The fraction of sp³-hybridized carbons (Fsp3) is 0.458. The molecule has 1 saturated heterocycles. The second-order valence-electron chi connectivity index (χ2n) is 9.08. The molecule has 2 aliphatic heterocycles. The number of aromatic amines is 1. The number of rotatable bonds is 5. The summed E-state index contributed by atoms with van der Waals surface area (Å²) >= 11 is 0. The van der Waals surface area contributed by atoms with E-state index < -0.39 is 11.6 Å². The van der Waals surface area contributed by atoms with Crippen molar-refractivity contribution in [3.05, 3.63) is 57.9 Å². The molecule has 3 atom stereocenters. The van der Waals surface area contributed by atoms with Gasteiger partial charge in [0.25, 0.3) is 0 Å². The number of amides is 1. The van der Waals surface area contributed by atoms with Crippen LogP contribution in [0.4, 0.5) is 8.78 Å². The van der Waals surface area contributed by atoms with Gasteiger partial charge in [-0.25, -0.2) is 8.78 Å². The summed E-state index contributed by atoms with van der Waals surface area (Å²) in [4.78, 5) is 37.6. The first-order valence-corrected chi connectivity index (χ1v) is 11.1. The van der Waals surface area contributed by atoms with Crippen LogP contribution >= 0.6 is 0 Å². The molecule has 32 heavy (non-hydrogen) atoms. The van der Waals surface area contributed by atoms with Crippen molar-refractivity contribution in [2.45, 2.75) is 12.8 Å². The molecule has 1 unspecified atom stereocenters. The van der Waals surface area contributed by atoms with Crippen molar-refractivity contribution in [3.8, 4) is 0 Å². The van der Waals surface area contributed by atoms with Gasteiger partial charge in [0.15, 0.2) is 17.4 Å². The lowest BCUT2D eigenvalue weighted by molar-refractivity contribution is -0.134. The second kappa shape index (κ2) is 8.24. The third-order valence-corrected chi connectivity index (χ3v) is 6.94. The molecule has 3 aliphatic rings. The maximum absolute atomic E-state index is 14.0.